The van der Waals surface area contributed by atoms with E-state index in [1.165, 1.54) is 31.2 Å². The van der Waals surface area contributed by atoms with E-state index in [0.29, 0.717) is 28.4 Å². The van der Waals surface area contributed by atoms with Crippen molar-refractivity contribution in [2.24, 2.45) is 0 Å². The van der Waals surface area contributed by atoms with Crippen LogP contribution >= 0.6 is 0 Å². The molecule has 3 amide bonds. The van der Waals surface area contributed by atoms with Crippen molar-refractivity contribution in [3.05, 3.63) is 83.8 Å². The van der Waals surface area contributed by atoms with Gasteiger partial charge < -0.3 is 20.1 Å². The molecule has 0 aliphatic carbocycles. The number of nitrogens with zero attached hydrogens (tertiary/aromatic N) is 1. The summed E-state index contributed by atoms with van der Waals surface area (Å²) >= 11 is 0. The van der Waals surface area contributed by atoms with Gasteiger partial charge in [-0.1, -0.05) is 12.1 Å². The third-order valence-electron chi connectivity index (χ3n) is 5.30. The van der Waals surface area contributed by atoms with E-state index >= 15 is 0 Å². The van der Waals surface area contributed by atoms with E-state index in [4.69, 9.17) is 9.47 Å². The standard InChI is InChI=1S/C25H18FN3O5/c1-14(30)27-17-6-2-15(3-7-17)22-23(28-18-8-11-20-21(12-18)34-13-33-20)25(32)29(24(22)31)19-9-4-16(26)5-10-19/h2-12,28H,13H2,1H3,(H,27,30). The van der Waals surface area contributed by atoms with Crippen LogP contribution in [0.4, 0.5) is 21.5 Å². The molecule has 34 heavy (non-hydrogen) atoms. The van der Waals surface area contributed by atoms with Gasteiger partial charge in [0.05, 0.1) is 11.3 Å². The van der Waals surface area contributed by atoms with Crippen LogP contribution in [0.3, 0.4) is 0 Å². The van der Waals surface area contributed by atoms with Crippen LogP contribution in [0.15, 0.2) is 72.4 Å². The van der Waals surface area contributed by atoms with Gasteiger partial charge in [-0.05, 0) is 54.1 Å². The SMILES string of the molecule is CC(=O)Nc1ccc(C2=C(Nc3ccc4c(c3)OCO4)C(=O)N(c3ccc(F)cc3)C2=O)cc1. The number of ether oxygens (including phenoxy) is 2. The van der Waals surface area contributed by atoms with Crippen LogP contribution in [-0.2, 0) is 14.4 Å². The Morgan fingerprint density at radius 1 is 0.882 bits per heavy atom. The lowest BCUT2D eigenvalue weighted by Crippen LogP contribution is -2.32. The molecule has 3 aromatic carbocycles. The minimum Gasteiger partial charge on any atom is -0.454 e. The number of rotatable bonds is 5. The van der Waals surface area contributed by atoms with Gasteiger partial charge in [-0.2, -0.15) is 0 Å². The van der Waals surface area contributed by atoms with Crippen molar-refractivity contribution in [1.29, 1.82) is 0 Å². The monoisotopic (exact) mass is 459 g/mol. The van der Waals surface area contributed by atoms with E-state index in [-0.39, 0.29) is 29.7 Å². The van der Waals surface area contributed by atoms with E-state index in [9.17, 15) is 18.8 Å². The smallest absolute Gasteiger partial charge is 0.282 e. The van der Waals surface area contributed by atoms with Gasteiger partial charge in [-0.15, -0.1) is 0 Å². The highest BCUT2D eigenvalue weighted by atomic mass is 19.1. The molecule has 0 atom stereocenters. The van der Waals surface area contributed by atoms with Crippen LogP contribution in [0, 0.1) is 5.82 Å². The third-order valence-corrected chi connectivity index (χ3v) is 5.30. The number of imide groups is 1. The number of benzene rings is 3. The summed E-state index contributed by atoms with van der Waals surface area (Å²) in [4.78, 5) is 39.2. The fourth-order valence-corrected chi connectivity index (χ4v) is 3.78. The summed E-state index contributed by atoms with van der Waals surface area (Å²) in [5.41, 5.74) is 1.98. The molecular weight excluding hydrogens is 441 g/mol. The Hall–Kier alpha value is -4.66. The number of carbonyl (C=O) groups is 3. The fraction of sp³-hybridized carbons (Fsp3) is 0.0800. The quantitative estimate of drug-likeness (QED) is 0.562. The van der Waals surface area contributed by atoms with E-state index in [0.717, 1.165) is 4.90 Å². The summed E-state index contributed by atoms with van der Waals surface area (Å²) in [5.74, 6) is -0.772. The van der Waals surface area contributed by atoms with Crippen molar-refractivity contribution in [3.63, 3.8) is 0 Å². The van der Waals surface area contributed by atoms with Crippen LogP contribution in [0.5, 0.6) is 11.5 Å². The molecule has 170 valence electrons. The molecule has 8 nitrogen and oxygen atoms in total. The molecule has 5 rings (SSSR count). The Balaban J connectivity index is 1.56. The topological polar surface area (TPSA) is 97.0 Å². The van der Waals surface area contributed by atoms with E-state index in [1.54, 1.807) is 42.5 Å². The Bertz CT molecular complexity index is 1350. The third kappa shape index (κ3) is 3.83. The Labute approximate surface area is 193 Å². The highest BCUT2D eigenvalue weighted by molar-refractivity contribution is 6.46. The van der Waals surface area contributed by atoms with E-state index < -0.39 is 17.6 Å². The molecule has 0 unspecified atom stereocenters. The molecule has 2 aliphatic heterocycles. The number of halogens is 1. The number of carbonyl (C=O) groups excluding carboxylic acids is 3. The van der Waals surface area contributed by atoms with Gasteiger partial charge in [0.25, 0.3) is 11.8 Å². The summed E-state index contributed by atoms with van der Waals surface area (Å²) in [6.07, 6.45) is 0. The van der Waals surface area contributed by atoms with Crippen LogP contribution in [-0.4, -0.2) is 24.5 Å². The van der Waals surface area contributed by atoms with Crippen LogP contribution in [0.2, 0.25) is 0 Å². The summed E-state index contributed by atoms with van der Waals surface area (Å²) in [7, 11) is 0. The average Bonchev–Trinajstić information content (AvgIpc) is 3.37. The minimum atomic E-state index is -0.588. The highest BCUT2D eigenvalue weighted by Gasteiger charge is 2.40. The molecule has 0 aromatic heterocycles. The summed E-state index contributed by atoms with van der Waals surface area (Å²) in [6, 6.07) is 16.7. The van der Waals surface area contributed by atoms with E-state index in [2.05, 4.69) is 10.6 Å². The number of nitrogens with one attached hydrogen (secondary N) is 2. The lowest BCUT2D eigenvalue weighted by atomic mass is 10.0. The number of anilines is 3. The zero-order chi connectivity index (χ0) is 23.8. The molecule has 3 aromatic rings. The molecule has 0 radical (unpaired) electrons. The van der Waals surface area contributed by atoms with Crippen molar-refractivity contribution < 1.29 is 28.2 Å². The molecule has 2 aliphatic rings. The molecule has 0 fully saturated rings. The number of hydrogen-bond donors (Lipinski definition) is 2. The van der Waals surface area contributed by atoms with Crippen molar-refractivity contribution in [2.45, 2.75) is 6.92 Å². The van der Waals surface area contributed by atoms with Crippen molar-refractivity contribution >= 4 is 40.4 Å². The van der Waals surface area contributed by atoms with Gasteiger partial charge in [-0.25, -0.2) is 9.29 Å². The lowest BCUT2D eigenvalue weighted by Gasteiger charge is -2.15. The zero-order valence-corrected chi connectivity index (χ0v) is 17.9. The van der Waals surface area contributed by atoms with Gasteiger partial charge in [-0.3, -0.25) is 14.4 Å². The maximum absolute atomic E-state index is 13.5. The molecule has 0 saturated heterocycles. The second-order valence-electron chi connectivity index (χ2n) is 7.62. The first-order chi connectivity index (χ1) is 16.4. The number of amides is 3. The molecule has 0 spiro atoms. The van der Waals surface area contributed by atoms with Crippen LogP contribution < -0.4 is 25.0 Å². The second kappa shape index (κ2) is 8.36. The Morgan fingerprint density at radius 3 is 2.26 bits per heavy atom. The molecule has 0 bridgehead atoms. The molecule has 2 N–H and O–H groups in total. The molecule has 2 heterocycles. The fourth-order valence-electron chi connectivity index (χ4n) is 3.78. The maximum Gasteiger partial charge on any atom is 0.282 e. The first-order valence-corrected chi connectivity index (χ1v) is 10.3. The number of hydrogen-bond acceptors (Lipinski definition) is 6. The summed E-state index contributed by atoms with van der Waals surface area (Å²) in [5, 5.41) is 5.71. The predicted octanol–water partition coefficient (Wildman–Crippen LogP) is 3.91. The van der Waals surface area contributed by atoms with Crippen molar-refractivity contribution in [2.75, 3.05) is 22.3 Å². The molecule has 0 saturated carbocycles. The Morgan fingerprint density at radius 2 is 1.56 bits per heavy atom. The van der Waals surface area contributed by atoms with Crippen LogP contribution in [0.1, 0.15) is 12.5 Å². The maximum atomic E-state index is 13.5. The predicted molar refractivity (Wildman–Crippen MR) is 123 cm³/mol. The van der Waals surface area contributed by atoms with Gasteiger partial charge >= 0.3 is 0 Å². The Kier molecular flexibility index (Phi) is 5.21. The lowest BCUT2D eigenvalue weighted by molar-refractivity contribution is -0.120. The zero-order valence-electron chi connectivity index (χ0n) is 17.9. The van der Waals surface area contributed by atoms with Crippen molar-refractivity contribution in [3.8, 4) is 11.5 Å². The second-order valence-corrected chi connectivity index (χ2v) is 7.62. The first kappa shape index (κ1) is 21.2. The summed E-state index contributed by atoms with van der Waals surface area (Å²) in [6.45, 7) is 1.49. The largest absolute Gasteiger partial charge is 0.454 e. The molecular formula is C25H18FN3O5. The van der Waals surface area contributed by atoms with Gasteiger partial charge in [0.2, 0.25) is 12.7 Å². The van der Waals surface area contributed by atoms with Crippen molar-refractivity contribution in [1.82, 2.24) is 0 Å². The summed E-state index contributed by atoms with van der Waals surface area (Å²) < 4.78 is 24.2. The van der Waals surface area contributed by atoms with E-state index in [1.807, 2.05) is 0 Å². The normalized spacial score (nSPS) is 14.6. The molecule has 9 heteroatoms. The van der Waals surface area contributed by atoms with Gasteiger partial charge in [0, 0.05) is 24.4 Å². The van der Waals surface area contributed by atoms with Crippen LogP contribution in [0.25, 0.3) is 5.57 Å². The van der Waals surface area contributed by atoms with Gasteiger partial charge in [0.1, 0.15) is 11.5 Å². The number of fused-ring (bicyclic) bond motifs is 1. The van der Waals surface area contributed by atoms with Gasteiger partial charge in [0.15, 0.2) is 11.5 Å². The minimum absolute atomic E-state index is 0.0560. The highest BCUT2D eigenvalue weighted by Crippen LogP contribution is 2.37. The average molecular weight is 459 g/mol. The first-order valence-electron chi connectivity index (χ1n) is 10.3.